The number of amides is 2. The van der Waals surface area contributed by atoms with Gasteiger partial charge in [0.2, 0.25) is 11.8 Å². The van der Waals surface area contributed by atoms with Crippen molar-refractivity contribution in [3.63, 3.8) is 0 Å². The second kappa shape index (κ2) is 5.59. The summed E-state index contributed by atoms with van der Waals surface area (Å²) >= 11 is 0. The van der Waals surface area contributed by atoms with Gasteiger partial charge < -0.3 is 14.8 Å². The molecule has 1 atom stereocenters. The zero-order valence-electron chi connectivity index (χ0n) is 12.5. The summed E-state index contributed by atoms with van der Waals surface area (Å²) < 4.78 is 1.77. The first-order valence-electron chi connectivity index (χ1n) is 7.03. The van der Waals surface area contributed by atoms with Crippen LogP contribution in [0, 0.1) is 0 Å². The molecule has 0 radical (unpaired) electrons. The molecule has 0 spiro atoms. The van der Waals surface area contributed by atoms with Crippen LogP contribution in [-0.4, -0.2) is 38.5 Å². The summed E-state index contributed by atoms with van der Waals surface area (Å²) in [6.07, 6.45) is 1.76. The van der Waals surface area contributed by atoms with E-state index in [0.29, 0.717) is 18.1 Å². The molecule has 0 saturated heterocycles. The number of hydrogen-bond acceptors (Lipinski definition) is 4. The molecule has 114 valence electrons. The third kappa shape index (κ3) is 2.57. The van der Waals surface area contributed by atoms with Crippen molar-refractivity contribution >= 4 is 17.5 Å². The number of carbonyl (C=O) groups excluding carboxylic acids is 2. The molecule has 0 fully saturated rings. The van der Waals surface area contributed by atoms with Crippen molar-refractivity contribution in [2.75, 3.05) is 12.4 Å². The predicted octanol–water partition coefficient (Wildman–Crippen LogP) is 0.899. The van der Waals surface area contributed by atoms with Crippen molar-refractivity contribution in [3.05, 3.63) is 42.0 Å². The summed E-state index contributed by atoms with van der Waals surface area (Å²) in [7, 11) is 3.54. The molecule has 2 heterocycles. The predicted molar refractivity (Wildman–Crippen MR) is 79.9 cm³/mol. The molecule has 1 unspecified atom stereocenters. The lowest BCUT2D eigenvalue weighted by atomic mass is 9.89. The summed E-state index contributed by atoms with van der Waals surface area (Å²) in [5, 5.41) is 10.6. The summed E-state index contributed by atoms with van der Waals surface area (Å²) in [5.74, 6) is 0.0157. The smallest absolute Gasteiger partial charge is 0.230 e. The average Bonchev–Trinajstić information content (AvgIpc) is 2.90. The van der Waals surface area contributed by atoms with Crippen molar-refractivity contribution in [2.45, 2.75) is 18.9 Å². The van der Waals surface area contributed by atoms with Crippen molar-refractivity contribution in [1.82, 2.24) is 19.7 Å². The normalized spacial score (nSPS) is 16.8. The molecule has 1 aliphatic rings. The largest absolute Gasteiger partial charge is 0.338 e. The minimum atomic E-state index is -0.455. The van der Waals surface area contributed by atoms with Crippen LogP contribution in [0.3, 0.4) is 0 Å². The van der Waals surface area contributed by atoms with E-state index in [1.807, 2.05) is 31.3 Å². The number of anilines is 1. The van der Waals surface area contributed by atoms with Crippen LogP contribution < -0.4 is 5.32 Å². The van der Waals surface area contributed by atoms with Crippen molar-refractivity contribution in [3.8, 4) is 0 Å². The number of benzene rings is 1. The Bertz CT molecular complexity index is 724. The monoisotopic (exact) mass is 299 g/mol. The molecule has 0 bridgehead atoms. The Kier molecular flexibility index (Phi) is 3.62. The van der Waals surface area contributed by atoms with Gasteiger partial charge in [-0.15, -0.1) is 10.2 Å². The SMILES string of the molecule is CN(Cc1nncn1C)C(=O)C1CC(=O)Nc2ccccc21. The van der Waals surface area contributed by atoms with Gasteiger partial charge in [-0.3, -0.25) is 9.59 Å². The maximum atomic E-state index is 12.7. The molecule has 1 aromatic heterocycles. The molecule has 22 heavy (non-hydrogen) atoms. The number of rotatable bonds is 3. The first-order valence-corrected chi connectivity index (χ1v) is 7.03. The summed E-state index contributed by atoms with van der Waals surface area (Å²) in [6.45, 7) is 0.357. The highest BCUT2D eigenvalue weighted by molar-refractivity contribution is 6.01. The molecule has 0 saturated carbocycles. The van der Waals surface area contributed by atoms with Gasteiger partial charge >= 0.3 is 0 Å². The van der Waals surface area contributed by atoms with Crippen LogP contribution in [0.5, 0.6) is 0 Å². The number of carbonyl (C=O) groups is 2. The third-order valence-corrected chi connectivity index (χ3v) is 3.86. The highest BCUT2D eigenvalue weighted by atomic mass is 16.2. The lowest BCUT2D eigenvalue weighted by Crippen LogP contribution is -2.36. The van der Waals surface area contributed by atoms with E-state index in [2.05, 4.69) is 15.5 Å². The molecular weight excluding hydrogens is 282 g/mol. The second-order valence-corrected chi connectivity index (χ2v) is 5.44. The first-order chi connectivity index (χ1) is 10.6. The van der Waals surface area contributed by atoms with Crippen molar-refractivity contribution in [2.24, 2.45) is 7.05 Å². The first kappa shape index (κ1) is 14.2. The number of nitrogens with zero attached hydrogens (tertiary/aromatic N) is 4. The fourth-order valence-corrected chi connectivity index (χ4v) is 2.64. The van der Waals surface area contributed by atoms with Gasteiger partial charge in [0.1, 0.15) is 6.33 Å². The van der Waals surface area contributed by atoms with Crippen LogP contribution >= 0.6 is 0 Å². The summed E-state index contributed by atoms with van der Waals surface area (Å²) in [4.78, 5) is 26.1. The van der Waals surface area contributed by atoms with E-state index in [1.54, 1.807) is 22.8 Å². The average molecular weight is 299 g/mol. The van der Waals surface area contributed by atoms with E-state index in [0.717, 1.165) is 5.56 Å². The number of aryl methyl sites for hydroxylation is 1. The minimum Gasteiger partial charge on any atom is -0.338 e. The van der Waals surface area contributed by atoms with Gasteiger partial charge in [-0.2, -0.15) is 0 Å². The molecule has 7 nitrogen and oxygen atoms in total. The van der Waals surface area contributed by atoms with E-state index >= 15 is 0 Å². The molecule has 2 amide bonds. The Balaban J connectivity index is 1.83. The molecule has 1 aliphatic heterocycles. The Morgan fingerprint density at radius 1 is 1.45 bits per heavy atom. The van der Waals surface area contributed by atoms with E-state index in [9.17, 15) is 9.59 Å². The van der Waals surface area contributed by atoms with Crippen LogP contribution in [0.4, 0.5) is 5.69 Å². The third-order valence-electron chi connectivity index (χ3n) is 3.86. The van der Waals surface area contributed by atoms with Crippen LogP contribution in [0.15, 0.2) is 30.6 Å². The Morgan fingerprint density at radius 3 is 2.95 bits per heavy atom. The van der Waals surface area contributed by atoms with E-state index in [1.165, 1.54) is 0 Å². The fraction of sp³-hybridized carbons (Fsp3) is 0.333. The number of aromatic nitrogens is 3. The summed E-state index contributed by atoms with van der Waals surface area (Å²) in [5.41, 5.74) is 1.57. The molecule has 1 N–H and O–H groups in total. The highest BCUT2D eigenvalue weighted by Crippen LogP contribution is 2.33. The van der Waals surface area contributed by atoms with Crippen molar-refractivity contribution < 1.29 is 9.59 Å². The van der Waals surface area contributed by atoms with Gasteiger partial charge in [-0.1, -0.05) is 18.2 Å². The molecule has 0 aliphatic carbocycles. The molecule has 2 aromatic rings. The van der Waals surface area contributed by atoms with E-state index < -0.39 is 5.92 Å². The van der Waals surface area contributed by atoms with Crippen LogP contribution in [-0.2, 0) is 23.2 Å². The standard InChI is InChI=1S/C15H17N5O2/c1-19(8-13-18-16-9-20(13)2)15(22)11-7-14(21)17-12-6-4-3-5-10(11)12/h3-6,9,11H,7-8H2,1-2H3,(H,17,21). The van der Waals surface area contributed by atoms with Gasteiger partial charge in [0, 0.05) is 26.2 Å². The topological polar surface area (TPSA) is 80.1 Å². The fourth-order valence-electron chi connectivity index (χ4n) is 2.64. The highest BCUT2D eigenvalue weighted by Gasteiger charge is 2.32. The number of fused-ring (bicyclic) bond motifs is 1. The minimum absolute atomic E-state index is 0.0923. The van der Waals surface area contributed by atoms with Crippen LogP contribution in [0.2, 0.25) is 0 Å². The van der Waals surface area contributed by atoms with Crippen molar-refractivity contribution in [1.29, 1.82) is 0 Å². The lowest BCUT2D eigenvalue weighted by Gasteiger charge is -2.28. The Labute approximate surface area is 127 Å². The van der Waals surface area contributed by atoms with Gasteiger partial charge in [0.15, 0.2) is 5.82 Å². The number of hydrogen-bond donors (Lipinski definition) is 1. The van der Waals surface area contributed by atoms with Crippen LogP contribution in [0.25, 0.3) is 0 Å². The molecule has 7 heteroatoms. The van der Waals surface area contributed by atoms with E-state index in [4.69, 9.17) is 0 Å². The Morgan fingerprint density at radius 2 is 2.23 bits per heavy atom. The van der Waals surface area contributed by atoms with Gasteiger partial charge in [-0.05, 0) is 11.6 Å². The zero-order valence-corrected chi connectivity index (χ0v) is 12.5. The molecular formula is C15H17N5O2. The molecule has 3 rings (SSSR count). The zero-order chi connectivity index (χ0) is 15.7. The molecule has 1 aromatic carbocycles. The number of likely N-dealkylation sites (N-methyl/N-ethyl adjacent to an activating group) is 1. The van der Waals surface area contributed by atoms with Gasteiger partial charge in [0.25, 0.3) is 0 Å². The Hall–Kier alpha value is -2.70. The quantitative estimate of drug-likeness (QED) is 0.913. The van der Waals surface area contributed by atoms with Gasteiger partial charge in [-0.25, -0.2) is 0 Å². The number of nitrogens with one attached hydrogen (secondary N) is 1. The van der Waals surface area contributed by atoms with Crippen LogP contribution in [0.1, 0.15) is 23.7 Å². The maximum Gasteiger partial charge on any atom is 0.230 e. The lowest BCUT2D eigenvalue weighted by molar-refractivity contribution is -0.134. The number of para-hydroxylation sites is 1. The maximum absolute atomic E-state index is 12.7. The summed E-state index contributed by atoms with van der Waals surface area (Å²) in [6, 6.07) is 7.41. The van der Waals surface area contributed by atoms with Gasteiger partial charge in [0.05, 0.1) is 12.5 Å². The second-order valence-electron chi connectivity index (χ2n) is 5.44. The van der Waals surface area contributed by atoms with E-state index in [-0.39, 0.29) is 18.2 Å².